The summed E-state index contributed by atoms with van der Waals surface area (Å²) in [4.78, 5) is 13.9. The summed E-state index contributed by atoms with van der Waals surface area (Å²) < 4.78 is 28.2. The van der Waals surface area contributed by atoms with Crippen molar-refractivity contribution in [1.82, 2.24) is 19.9 Å². The van der Waals surface area contributed by atoms with Gasteiger partial charge in [0.15, 0.2) is 0 Å². The fourth-order valence-electron chi connectivity index (χ4n) is 3.66. The van der Waals surface area contributed by atoms with Gasteiger partial charge < -0.3 is 9.47 Å². The van der Waals surface area contributed by atoms with Crippen molar-refractivity contribution < 1.29 is 18.7 Å². The number of hydrogen-bond donors (Lipinski definition) is 0. The molecule has 2 aromatic rings. The van der Waals surface area contributed by atoms with Crippen molar-refractivity contribution >= 4 is 32.9 Å². The second-order valence-electron chi connectivity index (χ2n) is 7.84. The van der Waals surface area contributed by atoms with Gasteiger partial charge in [-0.05, 0) is 53.7 Å². The van der Waals surface area contributed by atoms with E-state index in [0.717, 1.165) is 33.7 Å². The first-order valence-electron chi connectivity index (χ1n) is 10.2. The molecule has 2 aliphatic rings. The number of carbonyl (C=O) groups is 1. The van der Waals surface area contributed by atoms with E-state index in [1.165, 1.54) is 12.8 Å². The Morgan fingerprint density at radius 1 is 1.34 bits per heavy atom. The number of carbonyl (C=O) groups excluding carboxylic acids is 1. The number of esters is 1. The van der Waals surface area contributed by atoms with Crippen molar-refractivity contribution in [2.75, 3.05) is 32.8 Å². The second-order valence-corrected chi connectivity index (χ2v) is 8.63. The normalized spacial score (nSPS) is 19.4. The highest BCUT2D eigenvalue weighted by molar-refractivity contribution is 9.10. The summed E-state index contributed by atoms with van der Waals surface area (Å²) in [5.41, 5.74) is -0.0449. The largest absolute Gasteiger partial charge is 0.491 e. The van der Waals surface area contributed by atoms with E-state index in [1.54, 1.807) is 6.92 Å². The van der Waals surface area contributed by atoms with Gasteiger partial charge in [-0.25, -0.2) is 13.9 Å². The van der Waals surface area contributed by atoms with E-state index in [-0.39, 0.29) is 19.4 Å². The number of alkyl halides is 1. The number of likely N-dealkylation sites (tertiary alicyclic amines) is 1. The molecule has 158 valence electrons. The van der Waals surface area contributed by atoms with Crippen LogP contribution in [-0.2, 0) is 16.1 Å². The van der Waals surface area contributed by atoms with Crippen LogP contribution in [-0.4, -0.2) is 64.4 Å². The summed E-state index contributed by atoms with van der Waals surface area (Å²) >= 11 is 3.59. The van der Waals surface area contributed by atoms with Crippen LogP contribution in [0.3, 0.4) is 0 Å². The summed E-state index contributed by atoms with van der Waals surface area (Å²) in [6.45, 7) is 4.96. The lowest BCUT2D eigenvalue weighted by molar-refractivity contribution is -0.160. The van der Waals surface area contributed by atoms with Crippen LogP contribution < -0.4 is 4.74 Å². The topological polar surface area (TPSA) is 69.5 Å². The molecule has 1 aliphatic heterocycles. The Kier molecular flexibility index (Phi) is 6.06. The molecule has 0 unspecified atom stereocenters. The fourth-order valence-corrected chi connectivity index (χ4v) is 4.19. The number of fused-ring (bicyclic) bond motifs is 1. The second kappa shape index (κ2) is 8.55. The number of piperidine rings is 1. The van der Waals surface area contributed by atoms with Crippen LogP contribution in [0.4, 0.5) is 4.39 Å². The molecule has 7 nitrogen and oxygen atoms in total. The third-order valence-corrected chi connectivity index (χ3v) is 6.44. The minimum absolute atomic E-state index is 0.158. The van der Waals surface area contributed by atoms with Crippen LogP contribution in [0.25, 0.3) is 11.0 Å². The quantitative estimate of drug-likeness (QED) is 0.553. The van der Waals surface area contributed by atoms with Crippen molar-refractivity contribution in [1.29, 1.82) is 0 Å². The Morgan fingerprint density at radius 3 is 2.79 bits per heavy atom. The zero-order chi connectivity index (χ0) is 20.4. The van der Waals surface area contributed by atoms with E-state index >= 15 is 0 Å². The zero-order valence-electron chi connectivity index (χ0n) is 16.6. The predicted molar refractivity (Wildman–Crippen MR) is 110 cm³/mol. The molecule has 4 rings (SSSR count). The van der Waals surface area contributed by atoms with Crippen molar-refractivity contribution in [3.63, 3.8) is 0 Å². The van der Waals surface area contributed by atoms with Crippen LogP contribution in [0.5, 0.6) is 5.75 Å². The van der Waals surface area contributed by atoms with Gasteiger partial charge in [-0.15, -0.1) is 5.10 Å². The van der Waals surface area contributed by atoms with E-state index in [0.29, 0.717) is 26.2 Å². The van der Waals surface area contributed by atoms with Crippen molar-refractivity contribution in [2.45, 2.75) is 44.8 Å². The highest BCUT2D eigenvalue weighted by Gasteiger charge is 2.43. The molecule has 0 radical (unpaired) electrons. The first-order chi connectivity index (χ1) is 14.0. The maximum Gasteiger partial charge on any atom is 0.343 e. The van der Waals surface area contributed by atoms with Gasteiger partial charge in [0.25, 0.3) is 0 Å². The molecule has 9 heteroatoms. The van der Waals surface area contributed by atoms with Gasteiger partial charge >= 0.3 is 5.97 Å². The molecule has 0 spiro atoms. The number of rotatable bonds is 8. The highest BCUT2D eigenvalue weighted by Crippen LogP contribution is 2.35. The van der Waals surface area contributed by atoms with Crippen LogP contribution in [0.15, 0.2) is 16.6 Å². The van der Waals surface area contributed by atoms with E-state index in [1.807, 2.05) is 16.8 Å². The van der Waals surface area contributed by atoms with Crippen LogP contribution >= 0.6 is 15.9 Å². The maximum absolute atomic E-state index is 14.6. The van der Waals surface area contributed by atoms with Crippen molar-refractivity contribution in [3.8, 4) is 5.75 Å². The van der Waals surface area contributed by atoms with Gasteiger partial charge in [-0.1, -0.05) is 5.21 Å². The molecule has 1 aromatic heterocycles. The van der Waals surface area contributed by atoms with E-state index in [2.05, 4.69) is 31.1 Å². The molecule has 1 saturated heterocycles. The number of ether oxygens (including phenoxy) is 2. The standard InChI is InChI=1S/C20H26BrFN4O3/c1-2-28-19(27)20(22)7-9-25(10-8-20)11-12-29-16-6-5-15-18(17(16)21)23-24-26(15)13-14-3-4-14/h5-6,14H,2-4,7-13H2,1H3. The number of hydrogen-bond acceptors (Lipinski definition) is 6. The fraction of sp³-hybridized carbons (Fsp3) is 0.650. The predicted octanol–water partition coefficient (Wildman–Crippen LogP) is 3.35. The lowest BCUT2D eigenvalue weighted by atomic mass is 9.93. The van der Waals surface area contributed by atoms with Gasteiger partial charge in [0.1, 0.15) is 17.9 Å². The lowest BCUT2D eigenvalue weighted by Gasteiger charge is -2.34. The minimum Gasteiger partial charge on any atom is -0.491 e. The van der Waals surface area contributed by atoms with E-state index in [9.17, 15) is 9.18 Å². The number of aromatic nitrogens is 3. The molecule has 0 atom stereocenters. The molecule has 0 bridgehead atoms. The Bertz CT molecular complexity index is 878. The van der Waals surface area contributed by atoms with Crippen molar-refractivity contribution in [2.24, 2.45) is 5.92 Å². The summed E-state index contributed by atoms with van der Waals surface area (Å²) in [5.74, 6) is 0.716. The summed E-state index contributed by atoms with van der Waals surface area (Å²) in [6.07, 6.45) is 2.85. The molecule has 0 N–H and O–H groups in total. The van der Waals surface area contributed by atoms with Gasteiger partial charge in [0.2, 0.25) is 5.67 Å². The Morgan fingerprint density at radius 2 is 2.10 bits per heavy atom. The molecule has 2 fully saturated rings. The lowest BCUT2D eigenvalue weighted by Crippen LogP contribution is -2.48. The maximum atomic E-state index is 14.6. The van der Waals surface area contributed by atoms with Gasteiger partial charge in [0.05, 0.1) is 16.6 Å². The molecule has 29 heavy (non-hydrogen) atoms. The molecule has 0 amide bonds. The van der Waals surface area contributed by atoms with Crippen LogP contribution in [0, 0.1) is 5.92 Å². The van der Waals surface area contributed by atoms with E-state index in [4.69, 9.17) is 9.47 Å². The Labute approximate surface area is 177 Å². The summed E-state index contributed by atoms with van der Waals surface area (Å²) in [7, 11) is 0. The minimum atomic E-state index is -1.85. The zero-order valence-corrected chi connectivity index (χ0v) is 18.2. The van der Waals surface area contributed by atoms with Crippen LogP contribution in [0.1, 0.15) is 32.6 Å². The van der Waals surface area contributed by atoms with E-state index < -0.39 is 11.6 Å². The average Bonchev–Trinajstić information content (AvgIpc) is 3.44. The van der Waals surface area contributed by atoms with Gasteiger partial charge in [0, 0.05) is 39.0 Å². The first kappa shape index (κ1) is 20.5. The van der Waals surface area contributed by atoms with Gasteiger partial charge in [-0.2, -0.15) is 0 Å². The molecular weight excluding hydrogens is 443 g/mol. The summed E-state index contributed by atoms with van der Waals surface area (Å²) in [5, 5.41) is 8.57. The first-order valence-corrected chi connectivity index (χ1v) is 11.0. The summed E-state index contributed by atoms with van der Waals surface area (Å²) in [6, 6.07) is 3.93. The number of benzene rings is 1. The smallest absolute Gasteiger partial charge is 0.343 e. The van der Waals surface area contributed by atoms with Crippen LogP contribution in [0.2, 0.25) is 0 Å². The Hall–Kier alpha value is -1.74. The monoisotopic (exact) mass is 468 g/mol. The third-order valence-electron chi connectivity index (χ3n) is 5.67. The van der Waals surface area contributed by atoms with Gasteiger partial charge in [-0.3, -0.25) is 4.90 Å². The number of halogens is 2. The Balaban J connectivity index is 1.29. The molecular formula is C20H26BrFN4O3. The molecule has 1 aliphatic carbocycles. The van der Waals surface area contributed by atoms with Crippen molar-refractivity contribution in [3.05, 3.63) is 16.6 Å². The molecule has 1 saturated carbocycles. The molecule has 2 heterocycles. The third kappa shape index (κ3) is 4.55. The SMILES string of the molecule is CCOC(=O)C1(F)CCN(CCOc2ccc3c(nnn3CC3CC3)c2Br)CC1. The number of nitrogens with zero attached hydrogens (tertiary/aromatic N) is 4. The average molecular weight is 469 g/mol. The molecule has 1 aromatic carbocycles. The highest BCUT2D eigenvalue weighted by atomic mass is 79.9.